The molecule has 1 aliphatic carbocycles. The molecule has 18 heavy (non-hydrogen) atoms. The highest BCUT2D eigenvalue weighted by Gasteiger charge is 2.36. The zero-order valence-electron chi connectivity index (χ0n) is 9.53. The molecular weight excluding hydrogens is 277 g/mol. The number of ether oxygens (including phenoxy) is 2. The number of halogens is 2. The number of hydrogen-bond donors (Lipinski definition) is 2. The maximum atomic E-state index is 6.04. The lowest BCUT2D eigenvalue weighted by Crippen LogP contribution is -2.39. The smallest absolute Gasteiger partial charge is 0.273 e. The summed E-state index contributed by atoms with van der Waals surface area (Å²) in [5, 5.41) is 2.76. The molecule has 1 heterocycles. The summed E-state index contributed by atoms with van der Waals surface area (Å²) in [4.78, 5) is 0. The molecule has 2 fully saturated rings. The van der Waals surface area contributed by atoms with Gasteiger partial charge in [0.05, 0.1) is 10.0 Å². The number of hydrogen-bond acceptors (Lipinski definition) is 5. The second kappa shape index (κ2) is 4.75. The predicted octanol–water partition coefficient (Wildman–Crippen LogP) is 2.19. The Morgan fingerprint density at radius 2 is 2.00 bits per heavy atom. The van der Waals surface area contributed by atoms with E-state index in [2.05, 4.69) is 5.43 Å². The molecule has 0 amide bonds. The molecule has 98 valence electrons. The summed E-state index contributed by atoms with van der Waals surface area (Å²) in [5.41, 5.74) is 9.24. The predicted molar refractivity (Wildman–Crippen MR) is 69.2 cm³/mol. The van der Waals surface area contributed by atoms with Gasteiger partial charge in [-0.2, -0.15) is 5.43 Å². The molecule has 1 unspecified atom stereocenters. The van der Waals surface area contributed by atoms with Gasteiger partial charge in [0.15, 0.2) is 5.75 Å². The van der Waals surface area contributed by atoms with Gasteiger partial charge in [-0.25, -0.2) is 5.01 Å². The Hall–Kier alpha value is -0.720. The molecular formula is C11H13Cl2N3O2. The highest BCUT2D eigenvalue weighted by atomic mass is 35.5. The average molecular weight is 290 g/mol. The molecule has 0 bridgehead atoms. The van der Waals surface area contributed by atoms with Crippen molar-refractivity contribution in [3.05, 3.63) is 22.2 Å². The normalized spacial score (nSPS) is 24.4. The van der Waals surface area contributed by atoms with Crippen molar-refractivity contribution >= 4 is 28.9 Å². The molecule has 3 N–H and O–H groups in total. The monoisotopic (exact) mass is 289 g/mol. The molecule has 0 spiro atoms. The first kappa shape index (κ1) is 12.3. The van der Waals surface area contributed by atoms with Crippen LogP contribution < -0.4 is 15.9 Å². The third kappa shape index (κ3) is 2.50. The summed E-state index contributed by atoms with van der Waals surface area (Å²) in [6.45, 7) is 0.500. The van der Waals surface area contributed by atoms with Gasteiger partial charge in [-0.15, -0.1) is 0 Å². The lowest BCUT2D eigenvalue weighted by atomic mass is 10.3. The number of nitrogens with zero attached hydrogens (tertiary/aromatic N) is 1. The van der Waals surface area contributed by atoms with Crippen LogP contribution in [0, 0.1) is 0 Å². The lowest BCUT2D eigenvalue weighted by molar-refractivity contribution is -0.0517. The van der Waals surface area contributed by atoms with E-state index in [1.807, 2.05) is 5.01 Å². The van der Waals surface area contributed by atoms with Gasteiger partial charge in [-0.3, -0.25) is 0 Å². The number of nitrogen functional groups attached to an aromatic ring is 1. The van der Waals surface area contributed by atoms with Crippen molar-refractivity contribution in [3.8, 4) is 5.75 Å². The molecule has 1 aromatic rings. The van der Waals surface area contributed by atoms with Gasteiger partial charge in [0.1, 0.15) is 6.73 Å². The van der Waals surface area contributed by atoms with E-state index in [4.69, 9.17) is 38.4 Å². The van der Waals surface area contributed by atoms with Crippen molar-refractivity contribution in [2.45, 2.75) is 25.3 Å². The number of nitrogens with one attached hydrogen (secondary N) is 1. The summed E-state index contributed by atoms with van der Waals surface area (Å²) in [6, 6.07) is 3.74. The van der Waals surface area contributed by atoms with E-state index in [1.54, 1.807) is 12.1 Å². The quantitative estimate of drug-likeness (QED) is 0.836. The van der Waals surface area contributed by atoms with Crippen molar-refractivity contribution in [1.29, 1.82) is 0 Å². The van der Waals surface area contributed by atoms with E-state index in [0.29, 0.717) is 34.3 Å². The Labute approximate surface area is 115 Å². The number of hydrazine groups is 1. The Morgan fingerprint density at radius 1 is 1.33 bits per heavy atom. The lowest BCUT2D eigenvalue weighted by Gasteiger charge is -2.17. The van der Waals surface area contributed by atoms with Crippen molar-refractivity contribution in [3.63, 3.8) is 0 Å². The van der Waals surface area contributed by atoms with Gasteiger partial charge in [0.25, 0.3) is 6.41 Å². The topological polar surface area (TPSA) is 59.8 Å². The van der Waals surface area contributed by atoms with Crippen molar-refractivity contribution in [2.24, 2.45) is 0 Å². The van der Waals surface area contributed by atoms with Crippen molar-refractivity contribution in [2.75, 3.05) is 12.5 Å². The van der Waals surface area contributed by atoms with Crippen LogP contribution in [-0.2, 0) is 4.74 Å². The summed E-state index contributed by atoms with van der Waals surface area (Å²) >= 11 is 12.1. The first-order valence-electron chi connectivity index (χ1n) is 5.69. The third-order valence-corrected chi connectivity index (χ3v) is 3.43. The van der Waals surface area contributed by atoms with Crippen LogP contribution in [0.3, 0.4) is 0 Å². The van der Waals surface area contributed by atoms with Gasteiger partial charge in [0, 0.05) is 11.7 Å². The van der Waals surface area contributed by atoms with Crippen LogP contribution in [0.1, 0.15) is 12.8 Å². The zero-order chi connectivity index (χ0) is 12.7. The van der Waals surface area contributed by atoms with E-state index in [1.165, 1.54) is 12.8 Å². The largest absolute Gasteiger partial charge is 0.447 e. The fraction of sp³-hybridized carbons (Fsp3) is 0.455. The van der Waals surface area contributed by atoms with E-state index in [9.17, 15) is 0 Å². The molecule has 2 aliphatic rings. The number of benzene rings is 1. The van der Waals surface area contributed by atoms with Crippen LogP contribution in [0.2, 0.25) is 10.0 Å². The van der Waals surface area contributed by atoms with Crippen LogP contribution in [-0.4, -0.2) is 24.2 Å². The van der Waals surface area contributed by atoms with Crippen molar-refractivity contribution < 1.29 is 9.47 Å². The van der Waals surface area contributed by atoms with Crippen LogP contribution in [0.15, 0.2) is 12.1 Å². The minimum atomic E-state index is -0.566. The molecule has 3 rings (SSSR count). The highest BCUT2D eigenvalue weighted by Crippen LogP contribution is 2.36. The summed E-state index contributed by atoms with van der Waals surface area (Å²) in [7, 11) is 0. The second-order valence-corrected chi connectivity index (χ2v) is 5.20. The van der Waals surface area contributed by atoms with Gasteiger partial charge in [-0.1, -0.05) is 23.2 Å². The fourth-order valence-corrected chi connectivity index (χ4v) is 2.41. The van der Waals surface area contributed by atoms with Gasteiger partial charge in [0.2, 0.25) is 0 Å². The first-order valence-corrected chi connectivity index (χ1v) is 6.44. The molecule has 1 saturated carbocycles. The van der Waals surface area contributed by atoms with E-state index >= 15 is 0 Å². The van der Waals surface area contributed by atoms with Crippen molar-refractivity contribution in [1.82, 2.24) is 10.4 Å². The van der Waals surface area contributed by atoms with Crippen LogP contribution in [0.5, 0.6) is 5.75 Å². The maximum absolute atomic E-state index is 6.04. The molecule has 1 saturated heterocycles. The molecule has 1 aromatic carbocycles. The number of rotatable bonds is 3. The zero-order valence-corrected chi connectivity index (χ0v) is 11.0. The molecule has 7 heteroatoms. The Bertz CT molecular complexity index is 445. The van der Waals surface area contributed by atoms with Gasteiger partial charge < -0.3 is 15.2 Å². The number of anilines is 1. The van der Waals surface area contributed by atoms with Crippen LogP contribution in [0.4, 0.5) is 5.69 Å². The van der Waals surface area contributed by atoms with E-state index in [-0.39, 0.29) is 0 Å². The summed E-state index contributed by atoms with van der Waals surface area (Å²) in [5.74, 6) is 0.377. The SMILES string of the molecule is Nc1cc(Cl)c(OC2NN(C3CC3)CO2)c(Cl)c1. The molecule has 5 nitrogen and oxygen atoms in total. The molecule has 0 radical (unpaired) electrons. The first-order chi connectivity index (χ1) is 8.63. The Kier molecular flexibility index (Phi) is 3.25. The summed E-state index contributed by atoms with van der Waals surface area (Å²) in [6.07, 6.45) is 1.81. The minimum Gasteiger partial charge on any atom is -0.447 e. The average Bonchev–Trinajstić information content (AvgIpc) is 3.04. The Morgan fingerprint density at radius 3 is 2.61 bits per heavy atom. The third-order valence-electron chi connectivity index (χ3n) is 2.87. The second-order valence-electron chi connectivity index (χ2n) is 4.39. The van der Waals surface area contributed by atoms with E-state index in [0.717, 1.165) is 0 Å². The fourth-order valence-electron chi connectivity index (χ4n) is 1.81. The standard InChI is InChI=1S/C11H13Cl2N3O2/c12-8-3-6(14)4-9(13)10(8)18-11-15-16(5-17-11)7-1-2-7/h3-4,7,11,15H,1-2,5,14H2. The van der Waals surface area contributed by atoms with Crippen LogP contribution >= 0.6 is 23.2 Å². The molecule has 1 aliphatic heterocycles. The summed E-state index contributed by atoms with van der Waals surface area (Å²) < 4.78 is 11.1. The maximum Gasteiger partial charge on any atom is 0.273 e. The Balaban J connectivity index is 1.69. The molecule has 1 atom stereocenters. The minimum absolute atomic E-state index is 0.371. The highest BCUT2D eigenvalue weighted by molar-refractivity contribution is 6.37. The molecule has 0 aromatic heterocycles. The van der Waals surface area contributed by atoms with Gasteiger partial charge in [-0.05, 0) is 25.0 Å². The van der Waals surface area contributed by atoms with E-state index < -0.39 is 6.41 Å². The van der Waals surface area contributed by atoms with Crippen LogP contribution in [0.25, 0.3) is 0 Å². The van der Waals surface area contributed by atoms with Gasteiger partial charge >= 0.3 is 0 Å². The number of nitrogens with two attached hydrogens (primary N) is 1.